The molecule has 0 radical (unpaired) electrons. The molecule has 14 heteroatoms. The molecule has 0 spiro atoms. The van der Waals surface area contributed by atoms with Crippen LogP contribution in [0.2, 0.25) is 0 Å². The third-order valence-corrected chi connectivity index (χ3v) is 7.72. The van der Waals surface area contributed by atoms with Crippen molar-refractivity contribution in [3.8, 4) is 0 Å². The molecule has 0 fully saturated rings. The maximum Gasteiger partial charge on any atom is 0.414 e. The molecule has 3 rings (SSSR count). The number of unbranched alkanes of at least 4 members (excludes halogenated alkanes) is 1. The highest BCUT2D eigenvalue weighted by Gasteiger charge is 2.29. The summed E-state index contributed by atoms with van der Waals surface area (Å²) >= 11 is 0. The van der Waals surface area contributed by atoms with Crippen molar-refractivity contribution in [2.75, 3.05) is 5.32 Å². The van der Waals surface area contributed by atoms with Crippen LogP contribution < -0.4 is 26.6 Å². The van der Waals surface area contributed by atoms with Crippen LogP contribution in [-0.4, -0.2) is 75.7 Å². The van der Waals surface area contributed by atoms with E-state index in [2.05, 4.69) is 36.6 Å². The maximum atomic E-state index is 14.0. The van der Waals surface area contributed by atoms with E-state index < -0.39 is 59.5 Å². The molecule has 0 saturated heterocycles. The Bertz CT molecular complexity index is 1640. The number of anilines is 1. The Kier molecular flexibility index (Phi) is 16.5. The lowest BCUT2D eigenvalue weighted by molar-refractivity contribution is -0.127. The molecule has 2 aromatic carbocycles. The van der Waals surface area contributed by atoms with E-state index in [0.717, 1.165) is 17.5 Å². The normalized spacial score (nSPS) is 13.7. The Morgan fingerprint density at radius 2 is 1.22 bits per heavy atom. The van der Waals surface area contributed by atoms with E-state index in [-0.39, 0.29) is 18.8 Å². The lowest BCUT2D eigenvalue weighted by atomic mass is 10.0. The van der Waals surface area contributed by atoms with Crippen LogP contribution in [0.15, 0.2) is 73.1 Å². The molecule has 4 atom stereocenters. The van der Waals surface area contributed by atoms with Crippen molar-refractivity contribution in [2.24, 2.45) is 0 Å². The topological polar surface area (TPSA) is 190 Å². The maximum absolute atomic E-state index is 14.0. The SMILES string of the molecule is CCCCC(N[C@@H](Cc1ccccc1)NC(=O)C(Cc1ccccc1)NC(=O)OC(C)(C)C)C(=O)N[C@H](C=O)Cc1cnc(NC(=O)OC(C)(C)C)nc1. The van der Waals surface area contributed by atoms with Crippen LogP contribution in [0.4, 0.5) is 15.5 Å². The van der Waals surface area contributed by atoms with Crippen molar-refractivity contribution in [3.05, 3.63) is 89.7 Å². The minimum absolute atomic E-state index is 0.0299. The summed E-state index contributed by atoms with van der Waals surface area (Å²) in [4.78, 5) is 73.2. The molecule has 4 amide bonds. The van der Waals surface area contributed by atoms with E-state index in [1.807, 2.05) is 67.6 Å². The molecule has 14 nitrogen and oxygen atoms in total. The molecular formula is C40H55N7O7. The van der Waals surface area contributed by atoms with Gasteiger partial charge in [0.05, 0.1) is 18.2 Å². The van der Waals surface area contributed by atoms with Gasteiger partial charge < -0.3 is 30.2 Å². The van der Waals surface area contributed by atoms with Crippen LogP contribution in [0.1, 0.15) is 84.4 Å². The van der Waals surface area contributed by atoms with E-state index in [0.29, 0.717) is 31.1 Å². The second kappa shape index (κ2) is 20.8. The predicted octanol–water partition coefficient (Wildman–Crippen LogP) is 5.02. The number of aldehydes is 1. The minimum atomic E-state index is -0.988. The minimum Gasteiger partial charge on any atom is -0.444 e. The summed E-state index contributed by atoms with van der Waals surface area (Å²) < 4.78 is 10.7. The predicted molar refractivity (Wildman–Crippen MR) is 205 cm³/mol. The average Bonchev–Trinajstić information content (AvgIpc) is 3.09. The van der Waals surface area contributed by atoms with Gasteiger partial charge in [0.15, 0.2) is 0 Å². The molecule has 5 N–H and O–H groups in total. The van der Waals surface area contributed by atoms with E-state index >= 15 is 0 Å². The van der Waals surface area contributed by atoms with Gasteiger partial charge in [-0.3, -0.25) is 20.2 Å². The number of hydrogen-bond donors (Lipinski definition) is 5. The Morgan fingerprint density at radius 1 is 0.685 bits per heavy atom. The molecule has 0 aliphatic rings. The number of carbonyl (C=O) groups excluding carboxylic acids is 5. The molecule has 2 unspecified atom stereocenters. The van der Waals surface area contributed by atoms with Gasteiger partial charge in [-0.2, -0.15) is 0 Å². The largest absolute Gasteiger partial charge is 0.444 e. The fourth-order valence-electron chi connectivity index (χ4n) is 5.31. The van der Waals surface area contributed by atoms with Gasteiger partial charge in [0, 0.05) is 31.7 Å². The molecule has 0 aliphatic heterocycles. The van der Waals surface area contributed by atoms with Gasteiger partial charge in [-0.05, 0) is 64.7 Å². The molecule has 1 aromatic heterocycles. The van der Waals surface area contributed by atoms with Gasteiger partial charge in [0.1, 0.15) is 23.5 Å². The quantitative estimate of drug-likeness (QED) is 0.0874. The number of alkyl carbamates (subject to hydrolysis) is 1. The molecule has 0 saturated carbocycles. The second-order valence-corrected chi connectivity index (χ2v) is 15.0. The fourth-order valence-corrected chi connectivity index (χ4v) is 5.31. The molecule has 3 aromatic rings. The highest BCUT2D eigenvalue weighted by Crippen LogP contribution is 2.13. The van der Waals surface area contributed by atoms with Crippen molar-refractivity contribution in [2.45, 2.75) is 122 Å². The zero-order valence-electron chi connectivity index (χ0n) is 32.3. The van der Waals surface area contributed by atoms with Gasteiger partial charge in [0.25, 0.3) is 0 Å². The summed E-state index contributed by atoms with van der Waals surface area (Å²) in [6, 6.07) is 16.1. The number of hydrogen-bond acceptors (Lipinski definition) is 10. The zero-order valence-corrected chi connectivity index (χ0v) is 32.3. The zero-order chi connectivity index (χ0) is 39.7. The van der Waals surface area contributed by atoms with Crippen molar-refractivity contribution in [1.29, 1.82) is 0 Å². The molecule has 54 heavy (non-hydrogen) atoms. The lowest BCUT2D eigenvalue weighted by Crippen LogP contribution is -2.59. The number of amides is 4. The summed E-state index contributed by atoms with van der Waals surface area (Å²) in [5.74, 6) is -0.866. The molecular weight excluding hydrogens is 690 g/mol. The van der Waals surface area contributed by atoms with Gasteiger partial charge >= 0.3 is 12.2 Å². The first kappa shape index (κ1) is 43.0. The number of nitrogens with zero attached hydrogens (tertiary/aromatic N) is 2. The summed E-state index contributed by atoms with van der Waals surface area (Å²) in [5.41, 5.74) is 0.821. The Morgan fingerprint density at radius 3 is 1.76 bits per heavy atom. The Balaban J connectivity index is 1.78. The number of nitrogens with one attached hydrogen (secondary N) is 5. The first-order valence-electron chi connectivity index (χ1n) is 18.2. The fraction of sp³-hybridized carbons (Fsp3) is 0.475. The molecule has 0 aliphatic carbocycles. The lowest BCUT2D eigenvalue weighted by Gasteiger charge is -2.29. The summed E-state index contributed by atoms with van der Waals surface area (Å²) in [5, 5.41) is 14.4. The van der Waals surface area contributed by atoms with Crippen LogP contribution in [-0.2, 0) is 43.1 Å². The highest BCUT2D eigenvalue weighted by atomic mass is 16.6. The van der Waals surface area contributed by atoms with E-state index in [1.165, 1.54) is 12.4 Å². The number of rotatable bonds is 18. The van der Waals surface area contributed by atoms with Crippen LogP contribution in [0, 0.1) is 0 Å². The monoisotopic (exact) mass is 745 g/mol. The number of carbonyl (C=O) groups is 5. The number of ether oxygens (including phenoxy) is 2. The van der Waals surface area contributed by atoms with Crippen molar-refractivity contribution in [1.82, 2.24) is 31.2 Å². The van der Waals surface area contributed by atoms with Crippen LogP contribution in [0.5, 0.6) is 0 Å². The third-order valence-electron chi connectivity index (χ3n) is 7.72. The highest BCUT2D eigenvalue weighted by molar-refractivity contribution is 5.87. The molecule has 1 heterocycles. The summed E-state index contributed by atoms with van der Waals surface area (Å²) in [6.45, 7) is 12.4. The first-order chi connectivity index (χ1) is 25.5. The molecule has 0 bridgehead atoms. The average molecular weight is 746 g/mol. The van der Waals surface area contributed by atoms with Crippen molar-refractivity contribution < 1.29 is 33.4 Å². The summed E-state index contributed by atoms with van der Waals surface area (Å²) in [7, 11) is 0. The van der Waals surface area contributed by atoms with Gasteiger partial charge in [-0.25, -0.2) is 19.6 Å². The summed E-state index contributed by atoms with van der Waals surface area (Å²) in [6.07, 6.45) is 3.93. The van der Waals surface area contributed by atoms with Gasteiger partial charge in [-0.15, -0.1) is 0 Å². The van der Waals surface area contributed by atoms with Crippen molar-refractivity contribution in [3.63, 3.8) is 0 Å². The number of aromatic nitrogens is 2. The smallest absolute Gasteiger partial charge is 0.414 e. The van der Waals surface area contributed by atoms with Crippen molar-refractivity contribution >= 4 is 36.2 Å². The van der Waals surface area contributed by atoms with Crippen LogP contribution >= 0.6 is 0 Å². The Hall–Kier alpha value is -5.37. The second-order valence-electron chi connectivity index (χ2n) is 15.0. The van der Waals surface area contributed by atoms with E-state index in [4.69, 9.17) is 9.47 Å². The Labute approximate surface area is 318 Å². The first-order valence-corrected chi connectivity index (χ1v) is 18.2. The van der Waals surface area contributed by atoms with E-state index in [9.17, 15) is 24.0 Å². The number of benzene rings is 2. The standard InChI is InChI=1S/C40H55N7O7/c1-8-9-20-31(34(49)43-30(26-48)21-29-24-41-36(42-25-29)47-38(52)54-40(5,6)7)44-33(23-28-18-14-11-15-19-28)46-35(50)32(22-27-16-12-10-13-17-27)45-37(51)53-39(2,3)4/h10-19,24-26,30-33,44H,8-9,20-23H2,1-7H3,(H,43,49)(H,45,51)(H,46,50)(H,41,42,47,52)/t30-,31?,32?,33+/m0/s1. The van der Waals surface area contributed by atoms with Crippen LogP contribution in [0.25, 0.3) is 0 Å². The third kappa shape index (κ3) is 16.5. The van der Waals surface area contributed by atoms with Gasteiger partial charge in [0.2, 0.25) is 17.8 Å². The van der Waals surface area contributed by atoms with Crippen LogP contribution in [0.3, 0.4) is 0 Å². The van der Waals surface area contributed by atoms with E-state index in [1.54, 1.807) is 41.5 Å². The van der Waals surface area contributed by atoms with Gasteiger partial charge in [-0.1, -0.05) is 80.4 Å². The molecule has 292 valence electrons.